The maximum atomic E-state index is 13.3. The van der Waals surface area contributed by atoms with E-state index in [0.717, 1.165) is 16.7 Å². The van der Waals surface area contributed by atoms with E-state index < -0.39 is 7.82 Å². The number of aliphatic hydroxyl groups is 1. The minimum atomic E-state index is -3.93. The van der Waals surface area contributed by atoms with Crippen LogP contribution >= 0.6 is 7.82 Å². The molecule has 3 aromatic rings. The maximum absolute atomic E-state index is 13.3. The van der Waals surface area contributed by atoms with Crippen molar-refractivity contribution >= 4 is 7.82 Å². The first-order valence-corrected chi connectivity index (χ1v) is 11.0. The van der Waals surface area contributed by atoms with Crippen LogP contribution in [0, 0.1) is 20.8 Å². The highest BCUT2D eigenvalue weighted by atomic mass is 31.2. The summed E-state index contributed by atoms with van der Waals surface area (Å²) in [6.07, 6.45) is 0. The highest BCUT2D eigenvalue weighted by Crippen LogP contribution is 2.49. The third kappa shape index (κ3) is 7.91. The average molecular weight is 429 g/mol. The van der Waals surface area contributed by atoms with Gasteiger partial charge in [0, 0.05) is 6.54 Å². The minimum Gasteiger partial charge on any atom is -0.395 e. The molecule has 3 aromatic carbocycles. The average Bonchev–Trinajstić information content (AvgIpc) is 2.73. The first-order valence-electron chi connectivity index (χ1n) is 9.53. The summed E-state index contributed by atoms with van der Waals surface area (Å²) in [6, 6.07) is 21.6. The summed E-state index contributed by atoms with van der Waals surface area (Å²) in [5, 5.41) is 7.75. The number of aliphatic hydroxyl groups excluding tert-OH is 1. The quantitative estimate of drug-likeness (QED) is 0.502. The molecule has 0 radical (unpaired) electrons. The van der Waals surface area contributed by atoms with Gasteiger partial charge in [0.1, 0.15) is 17.2 Å². The molecule has 6 nitrogen and oxygen atoms in total. The molecule has 0 aliphatic rings. The van der Waals surface area contributed by atoms with Crippen LogP contribution < -0.4 is 19.3 Å². The van der Waals surface area contributed by atoms with Crippen LogP contribution in [-0.2, 0) is 4.57 Å². The number of aryl methyl sites for hydroxylation is 3. The van der Waals surface area contributed by atoms with Gasteiger partial charge in [-0.15, -0.1) is 0 Å². The van der Waals surface area contributed by atoms with E-state index in [-0.39, 0.29) is 6.61 Å². The van der Waals surface area contributed by atoms with Gasteiger partial charge in [-0.1, -0.05) is 53.1 Å². The Kier molecular flexibility index (Phi) is 8.93. The van der Waals surface area contributed by atoms with E-state index in [4.69, 9.17) is 24.4 Å². The molecular formula is C23H28NO5P. The molecule has 0 aliphatic heterocycles. The second-order valence-corrected chi connectivity index (χ2v) is 8.11. The normalized spacial score (nSPS) is 10.6. The molecule has 0 saturated carbocycles. The SMILES string of the molecule is Cc1ccc(OP(=O)(Oc2ccc(C)cc2)Oc2ccc(C)cc2)cc1.NCCO. The Morgan fingerprint density at radius 2 is 0.900 bits per heavy atom. The van der Waals surface area contributed by atoms with Gasteiger partial charge in [-0.05, 0) is 57.2 Å². The molecule has 3 N–H and O–H groups in total. The maximum Gasteiger partial charge on any atom is 0.647 e. The molecule has 7 heteroatoms. The molecule has 0 bridgehead atoms. The summed E-state index contributed by atoms with van der Waals surface area (Å²) in [5.41, 5.74) is 8.00. The Bertz CT molecular complexity index is 816. The lowest BCUT2D eigenvalue weighted by atomic mass is 10.2. The number of hydrogen-bond donors (Lipinski definition) is 2. The van der Waals surface area contributed by atoms with Gasteiger partial charge < -0.3 is 24.4 Å². The molecule has 30 heavy (non-hydrogen) atoms. The van der Waals surface area contributed by atoms with Crippen LogP contribution in [0.5, 0.6) is 17.2 Å². The molecule has 0 aliphatic carbocycles. The molecule has 0 atom stereocenters. The Morgan fingerprint density at radius 1 is 0.667 bits per heavy atom. The summed E-state index contributed by atoms with van der Waals surface area (Å²) in [7, 11) is -3.93. The highest BCUT2D eigenvalue weighted by molar-refractivity contribution is 7.49. The lowest BCUT2D eigenvalue weighted by Gasteiger charge is -2.19. The molecule has 3 rings (SSSR count). The van der Waals surface area contributed by atoms with Crippen LogP contribution in [0.4, 0.5) is 0 Å². The van der Waals surface area contributed by atoms with E-state index in [1.54, 1.807) is 36.4 Å². The van der Waals surface area contributed by atoms with Gasteiger partial charge in [0.2, 0.25) is 0 Å². The Hall–Kier alpha value is -2.79. The van der Waals surface area contributed by atoms with Crippen molar-refractivity contribution in [1.29, 1.82) is 0 Å². The molecule has 0 fully saturated rings. The van der Waals surface area contributed by atoms with Crippen molar-refractivity contribution in [3.8, 4) is 17.2 Å². The summed E-state index contributed by atoms with van der Waals surface area (Å²) >= 11 is 0. The van der Waals surface area contributed by atoms with Crippen LogP contribution in [0.3, 0.4) is 0 Å². The fourth-order valence-electron chi connectivity index (χ4n) is 2.24. The number of rotatable bonds is 7. The van der Waals surface area contributed by atoms with Crippen LogP contribution in [0.1, 0.15) is 16.7 Å². The lowest BCUT2D eigenvalue weighted by molar-refractivity contribution is 0.298. The number of phosphoric ester groups is 1. The van der Waals surface area contributed by atoms with Gasteiger partial charge in [-0.2, -0.15) is 4.57 Å². The zero-order valence-corrected chi connectivity index (χ0v) is 18.3. The fraction of sp³-hybridized carbons (Fsp3) is 0.217. The van der Waals surface area contributed by atoms with E-state index in [1.165, 1.54) is 0 Å². The Balaban J connectivity index is 0.000000735. The second-order valence-electron chi connectivity index (χ2n) is 6.67. The number of nitrogens with two attached hydrogens (primary N) is 1. The summed E-state index contributed by atoms with van der Waals surface area (Å²) in [4.78, 5) is 0. The number of hydrogen-bond acceptors (Lipinski definition) is 6. The summed E-state index contributed by atoms with van der Waals surface area (Å²) in [5.74, 6) is 1.24. The summed E-state index contributed by atoms with van der Waals surface area (Å²) in [6.45, 7) is 6.37. The number of phosphoric acid groups is 1. The van der Waals surface area contributed by atoms with E-state index >= 15 is 0 Å². The van der Waals surface area contributed by atoms with Crippen LogP contribution in [0.2, 0.25) is 0 Å². The van der Waals surface area contributed by atoms with Crippen LogP contribution in [0.15, 0.2) is 72.8 Å². The van der Waals surface area contributed by atoms with Gasteiger partial charge in [0.05, 0.1) is 6.61 Å². The zero-order chi connectivity index (χ0) is 22.0. The molecule has 0 unspecified atom stereocenters. The van der Waals surface area contributed by atoms with Crippen molar-refractivity contribution in [2.75, 3.05) is 13.2 Å². The topological polar surface area (TPSA) is 91.0 Å². The van der Waals surface area contributed by atoms with Gasteiger partial charge >= 0.3 is 7.82 Å². The molecular weight excluding hydrogens is 401 g/mol. The Labute approximate surface area is 177 Å². The molecule has 160 valence electrons. The molecule has 0 aromatic heterocycles. The van der Waals surface area contributed by atoms with E-state index in [9.17, 15) is 4.57 Å². The van der Waals surface area contributed by atoms with Crippen molar-refractivity contribution in [2.24, 2.45) is 5.73 Å². The van der Waals surface area contributed by atoms with E-state index in [0.29, 0.717) is 23.8 Å². The summed E-state index contributed by atoms with van der Waals surface area (Å²) < 4.78 is 30.2. The lowest BCUT2D eigenvalue weighted by Crippen LogP contribution is -2.07. The second kappa shape index (κ2) is 11.4. The first kappa shape index (κ1) is 23.5. The predicted octanol–water partition coefficient (Wildman–Crippen LogP) is 5.19. The molecule has 0 saturated heterocycles. The van der Waals surface area contributed by atoms with Crippen molar-refractivity contribution in [3.63, 3.8) is 0 Å². The van der Waals surface area contributed by atoms with Crippen molar-refractivity contribution < 1.29 is 23.2 Å². The van der Waals surface area contributed by atoms with Crippen molar-refractivity contribution in [2.45, 2.75) is 20.8 Å². The first-order chi connectivity index (χ1) is 14.3. The largest absolute Gasteiger partial charge is 0.647 e. The van der Waals surface area contributed by atoms with E-state index in [1.807, 2.05) is 57.2 Å². The third-order valence-electron chi connectivity index (χ3n) is 3.84. The highest BCUT2D eigenvalue weighted by Gasteiger charge is 2.33. The van der Waals surface area contributed by atoms with E-state index in [2.05, 4.69) is 0 Å². The predicted molar refractivity (Wildman–Crippen MR) is 119 cm³/mol. The zero-order valence-electron chi connectivity index (χ0n) is 17.4. The smallest absolute Gasteiger partial charge is 0.395 e. The molecule has 0 spiro atoms. The third-order valence-corrected chi connectivity index (χ3v) is 5.15. The van der Waals surface area contributed by atoms with Crippen LogP contribution in [0.25, 0.3) is 0 Å². The number of benzene rings is 3. The van der Waals surface area contributed by atoms with Gasteiger partial charge in [-0.3, -0.25) is 0 Å². The van der Waals surface area contributed by atoms with Crippen molar-refractivity contribution in [1.82, 2.24) is 0 Å². The molecule has 0 amide bonds. The minimum absolute atomic E-state index is 0.0972. The molecule has 0 heterocycles. The standard InChI is InChI=1S/C21H21O4P.C2H7NO/c1-16-4-10-19(11-5-16)23-26(22,24-20-12-6-17(2)7-13-20)25-21-14-8-18(3)9-15-21;3-1-2-4/h4-15H,1-3H3;4H,1-3H2. The fourth-order valence-corrected chi connectivity index (χ4v) is 3.49. The Morgan fingerprint density at radius 3 is 1.10 bits per heavy atom. The van der Waals surface area contributed by atoms with Gasteiger partial charge in [0.15, 0.2) is 0 Å². The van der Waals surface area contributed by atoms with Gasteiger partial charge in [-0.25, -0.2) is 0 Å². The van der Waals surface area contributed by atoms with Gasteiger partial charge in [0.25, 0.3) is 0 Å². The monoisotopic (exact) mass is 429 g/mol. The van der Waals surface area contributed by atoms with Crippen molar-refractivity contribution in [3.05, 3.63) is 89.5 Å². The van der Waals surface area contributed by atoms with Crippen LogP contribution in [-0.4, -0.2) is 18.3 Å².